The van der Waals surface area contributed by atoms with Crippen LogP contribution in [0.3, 0.4) is 0 Å². The second-order valence-electron chi connectivity index (χ2n) is 7.25. The zero-order chi connectivity index (χ0) is 22.2. The number of carbonyl (C=O) groups excluding carboxylic acids is 1. The highest BCUT2D eigenvalue weighted by Gasteiger charge is 2.11. The van der Waals surface area contributed by atoms with Gasteiger partial charge in [0.15, 0.2) is 0 Å². The van der Waals surface area contributed by atoms with Crippen LogP contribution in [-0.2, 0) is 0 Å². The average molecular weight is 419 g/mol. The van der Waals surface area contributed by atoms with Crippen molar-refractivity contribution >= 4 is 11.7 Å². The fraction of sp³-hybridized carbons (Fsp3) is 0.280. The fourth-order valence-corrected chi connectivity index (χ4v) is 3.46. The van der Waals surface area contributed by atoms with E-state index in [2.05, 4.69) is 29.0 Å². The molecule has 0 unspecified atom stereocenters. The molecule has 31 heavy (non-hydrogen) atoms. The lowest BCUT2D eigenvalue weighted by atomic mass is 9.99. The normalized spacial score (nSPS) is 10.8. The molecule has 0 radical (unpaired) electrons. The molecule has 1 amide bonds. The lowest BCUT2D eigenvalue weighted by Gasteiger charge is -2.18. The number of hydrogen-bond acceptors (Lipinski definition) is 5. The highest BCUT2D eigenvalue weighted by Crippen LogP contribution is 2.31. The number of likely N-dealkylation sites (N-methyl/N-ethyl adjacent to an activating group) is 1. The molecule has 2 aromatic carbocycles. The van der Waals surface area contributed by atoms with Gasteiger partial charge in [0, 0.05) is 36.0 Å². The third-order valence-corrected chi connectivity index (χ3v) is 5.37. The highest BCUT2D eigenvalue weighted by atomic mass is 16.5. The van der Waals surface area contributed by atoms with E-state index < -0.39 is 0 Å². The fourth-order valence-electron chi connectivity index (χ4n) is 3.46. The van der Waals surface area contributed by atoms with Gasteiger partial charge in [-0.05, 0) is 54.5 Å². The second-order valence-corrected chi connectivity index (χ2v) is 7.25. The van der Waals surface area contributed by atoms with E-state index in [9.17, 15) is 4.79 Å². The van der Waals surface area contributed by atoms with Crippen molar-refractivity contribution in [3.63, 3.8) is 0 Å². The van der Waals surface area contributed by atoms with E-state index in [0.717, 1.165) is 47.6 Å². The Kier molecular flexibility index (Phi) is 7.62. The van der Waals surface area contributed by atoms with Crippen LogP contribution in [0.5, 0.6) is 5.75 Å². The van der Waals surface area contributed by atoms with Gasteiger partial charge in [-0.15, -0.1) is 0 Å². The van der Waals surface area contributed by atoms with Gasteiger partial charge in [0.25, 0.3) is 5.91 Å². The van der Waals surface area contributed by atoms with Crippen molar-refractivity contribution in [3.05, 3.63) is 66.4 Å². The Morgan fingerprint density at radius 2 is 1.77 bits per heavy atom. The number of nitrogens with one attached hydrogen (secondary N) is 1. The van der Waals surface area contributed by atoms with Gasteiger partial charge in [0.05, 0.1) is 7.11 Å². The summed E-state index contributed by atoms with van der Waals surface area (Å²) in [5, 5.41) is 3.01. The first kappa shape index (κ1) is 22.3. The maximum Gasteiger partial charge on any atom is 0.251 e. The first-order valence-corrected chi connectivity index (χ1v) is 10.6. The topological polar surface area (TPSA) is 80.5 Å². The van der Waals surface area contributed by atoms with E-state index in [1.807, 2.05) is 54.6 Å². The van der Waals surface area contributed by atoms with E-state index in [-0.39, 0.29) is 5.91 Å². The van der Waals surface area contributed by atoms with Gasteiger partial charge in [-0.2, -0.15) is 0 Å². The average Bonchev–Trinajstić information content (AvgIpc) is 2.82. The summed E-state index contributed by atoms with van der Waals surface area (Å²) in [5.41, 5.74) is 10.3. The maximum absolute atomic E-state index is 12.6. The first-order valence-electron chi connectivity index (χ1n) is 10.6. The Balaban J connectivity index is 1.81. The minimum Gasteiger partial charge on any atom is -0.497 e. The van der Waals surface area contributed by atoms with Crippen LogP contribution in [0.2, 0.25) is 0 Å². The molecule has 1 aromatic heterocycles. The van der Waals surface area contributed by atoms with E-state index in [1.54, 1.807) is 13.3 Å². The minimum atomic E-state index is -0.0783. The summed E-state index contributed by atoms with van der Waals surface area (Å²) < 4.78 is 5.33. The number of rotatable bonds is 9. The Morgan fingerprint density at radius 1 is 1.03 bits per heavy atom. The van der Waals surface area contributed by atoms with Crippen LogP contribution < -0.4 is 15.8 Å². The van der Waals surface area contributed by atoms with Gasteiger partial charge in [-0.1, -0.05) is 38.1 Å². The molecular formula is C25H30N4O2. The van der Waals surface area contributed by atoms with E-state index in [4.69, 9.17) is 10.5 Å². The lowest BCUT2D eigenvalue weighted by Crippen LogP contribution is -2.34. The van der Waals surface area contributed by atoms with Crippen LogP contribution in [0.15, 0.2) is 60.8 Å². The summed E-state index contributed by atoms with van der Waals surface area (Å²) in [6.07, 6.45) is 1.73. The molecule has 6 nitrogen and oxygen atoms in total. The van der Waals surface area contributed by atoms with Crippen molar-refractivity contribution in [2.24, 2.45) is 0 Å². The summed E-state index contributed by atoms with van der Waals surface area (Å²) in [6, 6.07) is 17.3. The molecule has 3 aromatic rings. The molecule has 0 fully saturated rings. The monoisotopic (exact) mass is 418 g/mol. The van der Waals surface area contributed by atoms with Gasteiger partial charge < -0.3 is 20.7 Å². The molecule has 162 valence electrons. The van der Waals surface area contributed by atoms with Crippen molar-refractivity contribution in [2.45, 2.75) is 13.8 Å². The number of aromatic nitrogens is 1. The molecule has 0 aliphatic heterocycles. The number of nitrogens with two attached hydrogens (primary N) is 1. The summed E-state index contributed by atoms with van der Waals surface area (Å²) in [6.45, 7) is 7.64. The van der Waals surface area contributed by atoms with Crippen LogP contribution in [0.1, 0.15) is 24.2 Å². The summed E-state index contributed by atoms with van der Waals surface area (Å²) >= 11 is 0. The predicted molar refractivity (Wildman–Crippen MR) is 126 cm³/mol. The smallest absolute Gasteiger partial charge is 0.251 e. The number of ether oxygens (including phenoxy) is 1. The third kappa shape index (κ3) is 5.61. The van der Waals surface area contributed by atoms with Crippen molar-refractivity contribution in [3.8, 4) is 28.0 Å². The molecule has 3 rings (SSSR count). The largest absolute Gasteiger partial charge is 0.497 e. The molecule has 0 atom stereocenters. The number of nitrogens with zero attached hydrogens (tertiary/aromatic N) is 2. The predicted octanol–water partition coefficient (Wildman–Crippen LogP) is 4.08. The Hall–Kier alpha value is -3.38. The first-order chi connectivity index (χ1) is 15.0. The summed E-state index contributed by atoms with van der Waals surface area (Å²) in [4.78, 5) is 19.3. The van der Waals surface area contributed by atoms with Crippen LogP contribution in [-0.4, -0.2) is 49.1 Å². The van der Waals surface area contributed by atoms with Crippen LogP contribution in [0.25, 0.3) is 22.3 Å². The van der Waals surface area contributed by atoms with Crippen molar-refractivity contribution in [2.75, 3.05) is 39.0 Å². The number of hydrogen-bond donors (Lipinski definition) is 2. The Morgan fingerprint density at radius 3 is 2.52 bits per heavy atom. The number of benzene rings is 2. The van der Waals surface area contributed by atoms with Gasteiger partial charge in [-0.3, -0.25) is 4.79 Å². The third-order valence-electron chi connectivity index (χ3n) is 5.37. The maximum atomic E-state index is 12.6. The summed E-state index contributed by atoms with van der Waals surface area (Å²) in [7, 11) is 1.63. The SMILES string of the molecule is CCN(CC)CCNC(=O)c1cccc(-c2cnc(N)c(-c3cccc(OC)c3)c2)c1. The van der Waals surface area contributed by atoms with Gasteiger partial charge in [0.2, 0.25) is 0 Å². The molecule has 0 saturated heterocycles. The standard InChI is InChI=1S/C25H30N4O2/c1-4-29(5-2)13-12-27-25(30)20-10-6-8-18(14-20)21-16-23(24(26)28-17-21)19-9-7-11-22(15-19)31-3/h6-11,14-17H,4-5,12-13H2,1-3H3,(H2,26,28)(H,27,30). The number of anilines is 1. The van der Waals surface area contributed by atoms with Crippen molar-refractivity contribution in [1.82, 2.24) is 15.2 Å². The Labute approximate surface area is 184 Å². The van der Waals surface area contributed by atoms with Crippen LogP contribution in [0.4, 0.5) is 5.82 Å². The lowest BCUT2D eigenvalue weighted by molar-refractivity contribution is 0.0949. The number of methoxy groups -OCH3 is 1. The number of amides is 1. The molecular weight excluding hydrogens is 388 g/mol. The molecule has 0 aliphatic rings. The Bertz CT molecular complexity index is 1030. The number of nitrogen functional groups attached to an aromatic ring is 1. The molecule has 3 N–H and O–H groups in total. The van der Waals surface area contributed by atoms with Crippen molar-refractivity contribution in [1.29, 1.82) is 0 Å². The zero-order valence-corrected chi connectivity index (χ0v) is 18.4. The second kappa shape index (κ2) is 10.6. The molecule has 0 saturated carbocycles. The molecule has 1 heterocycles. The van der Waals surface area contributed by atoms with Crippen molar-refractivity contribution < 1.29 is 9.53 Å². The number of carbonyl (C=O) groups is 1. The minimum absolute atomic E-state index is 0.0783. The molecule has 0 bridgehead atoms. The van der Waals surface area contributed by atoms with Crippen LogP contribution in [0, 0.1) is 0 Å². The van der Waals surface area contributed by atoms with Gasteiger partial charge in [-0.25, -0.2) is 4.98 Å². The van der Waals surface area contributed by atoms with E-state index in [0.29, 0.717) is 17.9 Å². The molecule has 0 spiro atoms. The quantitative estimate of drug-likeness (QED) is 0.547. The highest BCUT2D eigenvalue weighted by molar-refractivity contribution is 5.95. The molecule has 6 heteroatoms. The van der Waals surface area contributed by atoms with Gasteiger partial charge in [0.1, 0.15) is 11.6 Å². The van der Waals surface area contributed by atoms with Gasteiger partial charge >= 0.3 is 0 Å². The summed E-state index contributed by atoms with van der Waals surface area (Å²) in [5.74, 6) is 1.12. The molecule has 0 aliphatic carbocycles. The number of pyridine rings is 1. The van der Waals surface area contributed by atoms with E-state index >= 15 is 0 Å². The van der Waals surface area contributed by atoms with Crippen LogP contribution >= 0.6 is 0 Å². The zero-order valence-electron chi connectivity index (χ0n) is 18.4. The van der Waals surface area contributed by atoms with E-state index in [1.165, 1.54) is 0 Å².